The van der Waals surface area contributed by atoms with Gasteiger partial charge in [-0.05, 0) is 78.4 Å². The van der Waals surface area contributed by atoms with E-state index >= 15 is 0 Å². The van der Waals surface area contributed by atoms with E-state index in [4.69, 9.17) is 9.73 Å². The number of ether oxygens (including phenoxy) is 1. The second-order valence-corrected chi connectivity index (χ2v) is 8.89. The van der Waals surface area contributed by atoms with Crippen molar-refractivity contribution in [2.75, 3.05) is 59.0 Å². The van der Waals surface area contributed by atoms with E-state index in [0.29, 0.717) is 0 Å². The minimum absolute atomic E-state index is 0.209. The molecule has 0 bridgehead atoms. The summed E-state index contributed by atoms with van der Waals surface area (Å²) in [5.41, 5.74) is 0.209. The van der Waals surface area contributed by atoms with Gasteiger partial charge in [0.05, 0.1) is 6.54 Å². The molecule has 162 valence electrons. The molecule has 3 aliphatic heterocycles. The Labute approximate surface area is 172 Å². The van der Waals surface area contributed by atoms with E-state index in [0.717, 1.165) is 57.7 Å². The van der Waals surface area contributed by atoms with Crippen LogP contribution in [0.5, 0.6) is 0 Å². The van der Waals surface area contributed by atoms with Crippen LogP contribution in [-0.4, -0.2) is 86.4 Å². The lowest BCUT2D eigenvalue weighted by atomic mass is 9.88. The molecular formula is C22H43N5O. The first-order valence-electron chi connectivity index (χ1n) is 11.8. The summed E-state index contributed by atoms with van der Waals surface area (Å²) in [5, 5.41) is 7.04. The molecule has 3 fully saturated rings. The summed E-state index contributed by atoms with van der Waals surface area (Å²) in [6.45, 7) is 14.0. The van der Waals surface area contributed by atoms with Crippen LogP contribution < -0.4 is 10.6 Å². The predicted molar refractivity (Wildman–Crippen MR) is 117 cm³/mol. The van der Waals surface area contributed by atoms with Crippen molar-refractivity contribution in [3.63, 3.8) is 0 Å². The fourth-order valence-corrected chi connectivity index (χ4v) is 5.06. The zero-order valence-electron chi connectivity index (χ0n) is 18.3. The molecule has 6 nitrogen and oxygen atoms in total. The van der Waals surface area contributed by atoms with Crippen LogP contribution >= 0.6 is 0 Å². The van der Waals surface area contributed by atoms with Gasteiger partial charge in [-0.25, -0.2) is 0 Å². The molecule has 6 heteroatoms. The van der Waals surface area contributed by atoms with Gasteiger partial charge < -0.3 is 20.3 Å². The van der Waals surface area contributed by atoms with Crippen molar-refractivity contribution >= 4 is 5.96 Å². The maximum Gasteiger partial charge on any atom is 0.191 e. The Morgan fingerprint density at radius 1 is 1.07 bits per heavy atom. The number of rotatable bonds is 8. The molecule has 0 radical (unpaired) electrons. The third-order valence-electron chi connectivity index (χ3n) is 6.93. The van der Waals surface area contributed by atoms with Crippen LogP contribution in [0, 0.1) is 0 Å². The monoisotopic (exact) mass is 393 g/mol. The molecule has 0 aromatic rings. The molecule has 0 aromatic carbocycles. The molecule has 0 amide bonds. The van der Waals surface area contributed by atoms with Crippen LogP contribution in [0.15, 0.2) is 4.99 Å². The van der Waals surface area contributed by atoms with E-state index in [2.05, 4.69) is 34.3 Å². The topological polar surface area (TPSA) is 52.1 Å². The first kappa shape index (κ1) is 21.8. The van der Waals surface area contributed by atoms with Gasteiger partial charge in [-0.2, -0.15) is 0 Å². The lowest BCUT2D eigenvalue weighted by Crippen LogP contribution is -2.54. The average molecular weight is 394 g/mol. The smallest absolute Gasteiger partial charge is 0.191 e. The Hall–Kier alpha value is -0.850. The largest absolute Gasteiger partial charge is 0.381 e. The molecule has 3 heterocycles. The van der Waals surface area contributed by atoms with Gasteiger partial charge in [0.2, 0.25) is 0 Å². The highest BCUT2D eigenvalue weighted by atomic mass is 16.5. The van der Waals surface area contributed by atoms with E-state index < -0.39 is 0 Å². The summed E-state index contributed by atoms with van der Waals surface area (Å²) in [6.07, 6.45) is 10.2. The van der Waals surface area contributed by atoms with Crippen molar-refractivity contribution in [1.29, 1.82) is 0 Å². The number of aliphatic imine (C=N–C) groups is 1. The van der Waals surface area contributed by atoms with Crippen LogP contribution in [0.4, 0.5) is 0 Å². The molecule has 1 atom stereocenters. The second kappa shape index (κ2) is 11.4. The van der Waals surface area contributed by atoms with Gasteiger partial charge in [0.25, 0.3) is 0 Å². The Morgan fingerprint density at radius 2 is 1.82 bits per heavy atom. The van der Waals surface area contributed by atoms with Crippen molar-refractivity contribution in [3.05, 3.63) is 0 Å². The molecule has 3 saturated heterocycles. The number of nitrogens with one attached hydrogen (secondary N) is 2. The highest BCUT2D eigenvalue weighted by Gasteiger charge is 2.39. The Kier molecular flexibility index (Phi) is 8.87. The standard InChI is InChI=1S/C22H43N5O/c1-3-23-21(24-12-8-14-26-13-5-4-9-20(26)2)25-19-22(10-17-28-18-11-22)27-15-6-7-16-27/h20H,3-19H2,1-2H3,(H2,23,24,25). The SMILES string of the molecule is CCNC(=NCC1(N2CCCC2)CCOCC1)NCCCN1CCCCC1C. The molecule has 2 N–H and O–H groups in total. The normalized spacial score (nSPS) is 27.1. The first-order valence-corrected chi connectivity index (χ1v) is 11.8. The molecule has 28 heavy (non-hydrogen) atoms. The molecule has 0 aromatic heterocycles. The van der Waals surface area contributed by atoms with Crippen molar-refractivity contribution in [1.82, 2.24) is 20.4 Å². The fraction of sp³-hybridized carbons (Fsp3) is 0.955. The van der Waals surface area contributed by atoms with Gasteiger partial charge in [0, 0.05) is 44.4 Å². The van der Waals surface area contributed by atoms with E-state index in [1.165, 1.54) is 64.7 Å². The summed E-state index contributed by atoms with van der Waals surface area (Å²) in [7, 11) is 0. The predicted octanol–water partition coefficient (Wildman–Crippen LogP) is 2.45. The number of hydrogen-bond donors (Lipinski definition) is 2. The number of likely N-dealkylation sites (tertiary alicyclic amines) is 2. The molecule has 0 spiro atoms. The van der Waals surface area contributed by atoms with Crippen molar-refractivity contribution < 1.29 is 4.74 Å². The summed E-state index contributed by atoms with van der Waals surface area (Å²) in [6, 6.07) is 0.754. The van der Waals surface area contributed by atoms with Crippen LogP contribution in [0.25, 0.3) is 0 Å². The number of hydrogen-bond acceptors (Lipinski definition) is 4. The van der Waals surface area contributed by atoms with Crippen molar-refractivity contribution in [2.24, 2.45) is 4.99 Å². The molecule has 1 unspecified atom stereocenters. The average Bonchev–Trinajstić information content (AvgIpc) is 3.27. The Bertz CT molecular complexity index is 472. The van der Waals surface area contributed by atoms with Gasteiger partial charge in [-0.3, -0.25) is 9.89 Å². The zero-order chi connectivity index (χ0) is 19.7. The number of piperidine rings is 1. The molecular weight excluding hydrogens is 350 g/mol. The summed E-state index contributed by atoms with van der Waals surface area (Å²) in [5.74, 6) is 0.985. The molecule has 3 rings (SSSR count). The summed E-state index contributed by atoms with van der Waals surface area (Å²) >= 11 is 0. The van der Waals surface area contributed by atoms with Crippen molar-refractivity contribution in [2.45, 2.75) is 76.8 Å². The third-order valence-corrected chi connectivity index (χ3v) is 6.93. The van der Waals surface area contributed by atoms with E-state index in [1.807, 2.05) is 0 Å². The van der Waals surface area contributed by atoms with Gasteiger partial charge in [0.15, 0.2) is 5.96 Å². The quantitative estimate of drug-likeness (QED) is 0.377. The lowest BCUT2D eigenvalue weighted by Gasteiger charge is -2.43. The lowest BCUT2D eigenvalue weighted by molar-refractivity contribution is -0.0139. The maximum atomic E-state index is 5.67. The van der Waals surface area contributed by atoms with E-state index in [9.17, 15) is 0 Å². The van der Waals surface area contributed by atoms with Gasteiger partial charge in [-0.1, -0.05) is 6.42 Å². The summed E-state index contributed by atoms with van der Waals surface area (Å²) < 4.78 is 5.67. The van der Waals surface area contributed by atoms with Crippen molar-refractivity contribution in [3.8, 4) is 0 Å². The first-order chi connectivity index (χ1) is 13.7. The highest BCUT2D eigenvalue weighted by molar-refractivity contribution is 5.79. The third kappa shape index (κ3) is 6.07. The van der Waals surface area contributed by atoms with E-state index in [-0.39, 0.29) is 5.54 Å². The van der Waals surface area contributed by atoms with Crippen LogP contribution in [0.2, 0.25) is 0 Å². The molecule has 0 aliphatic carbocycles. The number of nitrogens with zero attached hydrogens (tertiary/aromatic N) is 3. The minimum Gasteiger partial charge on any atom is -0.381 e. The van der Waals surface area contributed by atoms with Crippen LogP contribution in [-0.2, 0) is 4.74 Å². The molecule has 3 aliphatic rings. The number of guanidine groups is 1. The van der Waals surface area contributed by atoms with Crippen LogP contribution in [0.1, 0.15) is 65.2 Å². The van der Waals surface area contributed by atoms with E-state index in [1.54, 1.807) is 0 Å². The molecule has 0 saturated carbocycles. The Balaban J connectivity index is 1.49. The zero-order valence-corrected chi connectivity index (χ0v) is 18.3. The maximum absolute atomic E-state index is 5.67. The van der Waals surface area contributed by atoms with Crippen LogP contribution in [0.3, 0.4) is 0 Å². The van der Waals surface area contributed by atoms with Gasteiger partial charge >= 0.3 is 0 Å². The Morgan fingerprint density at radius 3 is 2.54 bits per heavy atom. The summed E-state index contributed by atoms with van der Waals surface area (Å²) in [4.78, 5) is 10.4. The highest BCUT2D eigenvalue weighted by Crippen LogP contribution is 2.31. The fourth-order valence-electron chi connectivity index (χ4n) is 5.06. The second-order valence-electron chi connectivity index (χ2n) is 8.89. The van der Waals surface area contributed by atoms with Gasteiger partial charge in [0.1, 0.15) is 0 Å². The van der Waals surface area contributed by atoms with Gasteiger partial charge in [-0.15, -0.1) is 0 Å². The minimum atomic E-state index is 0.209.